The maximum absolute atomic E-state index is 11.7. The summed E-state index contributed by atoms with van der Waals surface area (Å²) in [6.07, 6.45) is -0.502. The van der Waals surface area contributed by atoms with Gasteiger partial charge < -0.3 is 19.3 Å². The third-order valence-corrected chi connectivity index (χ3v) is 2.95. The Bertz CT molecular complexity index is 591. The Labute approximate surface area is 140 Å². The van der Waals surface area contributed by atoms with Gasteiger partial charge in [0, 0.05) is 6.07 Å². The van der Waals surface area contributed by atoms with Crippen LogP contribution in [0.15, 0.2) is 12.1 Å². The van der Waals surface area contributed by atoms with Crippen molar-refractivity contribution in [3.63, 3.8) is 0 Å². The maximum Gasteiger partial charge on any atom is 0.341 e. The van der Waals surface area contributed by atoms with Gasteiger partial charge in [0.05, 0.1) is 18.6 Å². The summed E-state index contributed by atoms with van der Waals surface area (Å²) < 4.78 is 15.3. The number of phenols is 1. The van der Waals surface area contributed by atoms with E-state index in [4.69, 9.17) is 21.1 Å². The summed E-state index contributed by atoms with van der Waals surface area (Å²) in [5.74, 6) is -1.28. The van der Waals surface area contributed by atoms with Crippen LogP contribution in [0.5, 0.6) is 11.5 Å². The Kier molecular flexibility index (Phi) is 6.27. The number of carbonyl (C=O) groups excluding carboxylic acids is 2. The molecule has 0 saturated carbocycles. The van der Waals surface area contributed by atoms with Crippen molar-refractivity contribution in [2.45, 2.75) is 45.8 Å². The fourth-order valence-corrected chi connectivity index (χ4v) is 1.99. The lowest BCUT2D eigenvalue weighted by molar-refractivity contribution is -0.156. The zero-order valence-electron chi connectivity index (χ0n) is 13.8. The molecule has 0 aliphatic carbocycles. The van der Waals surface area contributed by atoms with Crippen LogP contribution in [-0.4, -0.2) is 35.9 Å². The Morgan fingerprint density at radius 3 is 2.43 bits per heavy atom. The Morgan fingerprint density at radius 1 is 1.30 bits per heavy atom. The summed E-state index contributed by atoms with van der Waals surface area (Å²) in [7, 11) is 1.20. The molecule has 0 fully saturated rings. The van der Waals surface area contributed by atoms with Gasteiger partial charge in [-0.05, 0) is 33.8 Å². The lowest BCUT2D eigenvalue weighted by Crippen LogP contribution is -2.27. The molecule has 1 atom stereocenters. The van der Waals surface area contributed by atoms with Gasteiger partial charge in [-0.3, -0.25) is 4.79 Å². The van der Waals surface area contributed by atoms with Crippen molar-refractivity contribution in [1.29, 1.82) is 0 Å². The highest BCUT2D eigenvalue weighted by Crippen LogP contribution is 2.33. The first-order chi connectivity index (χ1) is 10.5. The van der Waals surface area contributed by atoms with Gasteiger partial charge in [-0.2, -0.15) is 0 Å². The fourth-order valence-electron chi connectivity index (χ4n) is 1.78. The van der Waals surface area contributed by atoms with Crippen LogP contribution in [-0.2, 0) is 14.3 Å². The molecule has 0 heterocycles. The minimum atomic E-state index is -0.710. The molecule has 0 aliphatic heterocycles. The van der Waals surface area contributed by atoms with Crippen molar-refractivity contribution < 1.29 is 28.9 Å². The molecule has 7 heteroatoms. The van der Waals surface area contributed by atoms with Crippen molar-refractivity contribution in [3.8, 4) is 11.5 Å². The summed E-state index contributed by atoms with van der Waals surface area (Å²) in [5, 5.41) is 9.96. The van der Waals surface area contributed by atoms with E-state index in [9.17, 15) is 14.7 Å². The second-order valence-electron chi connectivity index (χ2n) is 6.01. The molecule has 0 bridgehead atoms. The smallest absolute Gasteiger partial charge is 0.341 e. The summed E-state index contributed by atoms with van der Waals surface area (Å²) in [6.45, 7) is 7.00. The number of esters is 2. The second kappa shape index (κ2) is 7.55. The topological polar surface area (TPSA) is 82.1 Å². The number of aromatic hydroxyl groups is 1. The van der Waals surface area contributed by atoms with Crippen LogP contribution in [0, 0.1) is 0 Å². The van der Waals surface area contributed by atoms with Crippen molar-refractivity contribution in [2.75, 3.05) is 7.11 Å². The lowest BCUT2D eigenvalue weighted by Gasteiger charge is -2.21. The molecular formula is C16H21ClO6. The number of methoxy groups -OCH3 is 1. The van der Waals surface area contributed by atoms with E-state index in [1.807, 2.05) is 0 Å². The van der Waals surface area contributed by atoms with Crippen LogP contribution in [0.25, 0.3) is 0 Å². The van der Waals surface area contributed by atoms with E-state index in [1.54, 1.807) is 27.7 Å². The molecule has 0 saturated heterocycles. The zero-order chi connectivity index (χ0) is 17.8. The molecule has 6 nitrogen and oxygen atoms in total. The number of ether oxygens (including phenoxy) is 3. The molecule has 0 radical (unpaired) electrons. The number of hydrogen-bond donors (Lipinski definition) is 1. The second-order valence-corrected chi connectivity index (χ2v) is 6.42. The molecule has 1 aromatic rings. The molecule has 0 spiro atoms. The predicted octanol–water partition coefficient (Wildman–Crippen LogP) is 3.33. The van der Waals surface area contributed by atoms with E-state index in [-0.39, 0.29) is 28.5 Å². The van der Waals surface area contributed by atoms with Crippen molar-refractivity contribution in [1.82, 2.24) is 0 Å². The van der Waals surface area contributed by atoms with Gasteiger partial charge in [0.15, 0.2) is 0 Å². The first kappa shape index (κ1) is 19.1. The van der Waals surface area contributed by atoms with Crippen molar-refractivity contribution in [3.05, 3.63) is 22.7 Å². The van der Waals surface area contributed by atoms with E-state index in [1.165, 1.54) is 19.2 Å². The van der Waals surface area contributed by atoms with Gasteiger partial charge >= 0.3 is 11.9 Å². The van der Waals surface area contributed by atoms with E-state index >= 15 is 0 Å². The van der Waals surface area contributed by atoms with Gasteiger partial charge in [0.2, 0.25) is 0 Å². The van der Waals surface area contributed by atoms with Crippen LogP contribution in [0.2, 0.25) is 5.02 Å². The van der Waals surface area contributed by atoms with Crippen LogP contribution in [0.3, 0.4) is 0 Å². The van der Waals surface area contributed by atoms with E-state index in [0.29, 0.717) is 0 Å². The summed E-state index contributed by atoms with van der Waals surface area (Å²) >= 11 is 6.03. The minimum Gasteiger partial charge on any atom is -0.507 e. The van der Waals surface area contributed by atoms with Gasteiger partial charge in [0.1, 0.15) is 28.8 Å². The molecule has 0 aromatic heterocycles. The largest absolute Gasteiger partial charge is 0.507 e. The average Bonchev–Trinajstić information content (AvgIpc) is 2.39. The van der Waals surface area contributed by atoms with Crippen LogP contribution in [0.1, 0.15) is 44.5 Å². The highest BCUT2D eigenvalue weighted by molar-refractivity contribution is 6.32. The Balaban J connectivity index is 2.79. The van der Waals surface area contributed by atoms with Crippen LogP contribution >= 0.6 is 11.6 Å². The molecule has 1 aromatic carbocycles. The summed E-state index contributed by atoms with van der Waals surface area (Å²) in [6, 6.07) is 2.46. The normalized spacial score (nSPS) is 12.4. The summed E-state index contributed by atoms with van der Waals surface area (Å²) in [4.78, 5) is 23.2. The predicted molar refractivity (Wildman–Crippen MR) is 85.0 cm³/mol. The molecule has 1 rings (SSSR count). The number of rotatable bonds is 5. The van der Waals surface area contributed by atoms with E-state index in [0.717, 1.165) is 0 Å². The molecule has 0 amide bonds. The van der Waals surface area contributed by atoms with Crippen LogP contribution < -0.4 is 4.74 Å². The molecule has 1 N–H and O–H groups in total. The zero-order valence-corrected chi connectivity index (χ0v) is 14.6. The third kappa shape index (κ3) is 5.98. The first-order valence-electron chi connectivity index (χ1n) is 7.03. The minimum absolute atomic E-state index is 0.0209. The quantitative estimate of drug-likeness (QED) is 0.825. The Morgan fingerprint density at radius 2 is 1.91 bits per heavy atom. The standard InChI is InChI=1S/C16H21ClO6/c1-9(6-14(19)23-16(2,3)4)22-13-8-12(18)10(7-11(13)17)15(20)21-5/h7-9,18H,6H2,1-5H3. The number of phenolic OH excluding ortho intramolecular Hbond substituents is 1. The average molecular weight is 345 g/mol. The fraction of sp³-hybridized carbons (Fsp3) is 0.500. The molecular weight excluding hydrogens is 324 g/mol. The lowest BCUT2D eigenvalue weighted by atomic mass is 10.2. The van der Waals surface area contributed by atoms with Gasteiger partial charge in [-0.1, -0.05) is 11.6 Å². The number of hydrogen-bond acceptors (Lipinski definition) is 6. The molecule has 1 unspecified atom stereocenters. The van der Waals surface area contributed by atoms with Crippen molar-refractivity contribution >= 4 is 23.5 Å². The van der Waals surface area contributed by atoms with Gasteiger partial charge in [0.25, 0.3) is 0 Å². The summed E-state index contributed by atoms with van der Waals surface area (Å²) in [5.41, 5.74) is -0.640. The number of carbonyl (C=O) groups is 2. The van der Waals surface area contributed by atoms with E-state index < -0.39 is 23.6 Å². The number of benzene rings is 1. The Hall–Kier alpha value is -1.95. The SMILES string of the molecule is COC(=O)c1cc(Cl)c(OC(C)CC(=O)OC(C)(C)C)cc1O. The third-order valence-electron chi connectivity index (χ3n) is 2.66. The molecule has 128 valence electrons. The van der Waals surface area contributed by atoms with Gasteiger partial charge in [-0.15, -0.1) is 0 Å². The highest BCUT2D eigenvalue weighted by atomic mass is 35.5. The van der Waals surface area contributed by atoms with E-state index in [2.05, 4.69) is 4.74 Å². The number of halogens is 1. The molecule has 0 aliphatic rings. The van der Waals surface area contributed by atoms with Crippen molar-refractivity contribution in [2.24, 2.45) is 0 Å². The molecule has 23 heavy (non-hydrogen) atoms. The first-order valence-corrected chi connectivity index (χ1v) is 7.40. The maximum atomic E-state index is 11.7. The monoisotopic (exact) mass is 344 g/mol. The highest BCUT2D eigenvalue weighted by Gasteiger charge is 2.21. The van der Waals surface area contributed by atoms with Crippen LogP contribution in [0.4, 0.5) is 0 Å². The van der Waals surface area contributed by atoms with Gasteiger partial charge in [-0.25, -0.2) is 4.79 Å².